The monoisotopic (exact) mass is 272 g/mol. The van der Waals surface area contributed by atoms with Crippen LogP contribution >= 0.6 is 22.9 Å². The van der Waals surface area contributed by atoms with E-state index in [2.05, 4.69) is 10.6 Å². The number of carbonyl (C=O) groups is 1. The molecule has 94 valence electrons. The van der Waals surface area contributed by atoms with Crippen LogP contribution < -0.4 is 10.6 Å². The number of hydrogen-bond acceptors (Lipinski definition) is 3. The molecule has 0 aromatic carbocycles. The van der Waals surface area contributed by atoms with Crippen molar-refractivity contribution in [3.63, 3.8) is 0 Å². The molecule has 1 aliphatic rings. The Bertz CT molecular complexity index is 399. The van der Waals surface area contributed by atoms with Crippen molar-refractivity contribution < 1.29 is 4.79 Å². The van der Waals surface area contributed by atoms with Crippen LogP contribution in [0, 0.1) is 6.92 Å². The van der Waals surface area contributed by atoms with Crippen LogP contribution in [0.3, 0.4) is 0 Å². The summed E-state index contributed by atoms with van der Waals surface area (Å²) in [4.78, 5) is 12.5. The van der Waals surface area contributed by atoms with Gasteiger partial charge in [-0.25, -0.2) is 0 Å². The molecular formula is C12H17ClN2OS. The number of aryl methyl sites for hydroxylation is 1. The van der Waals surface area contributed by atoms with Crippen molar-refractivity contribution in [3.05, 3.63) is 20.8 Å². The third kappa shape index (κ3) is 3.21. The fourth-order valence-electron chi connectivity index (χ4n) is 2.03. The predicted octanol–water partition coefficient (Wildman–Crippen LogP) is 2.58. The fourth-order valence-corrected chi connectivity index (χ4v) is 3.22. The van der Waals surface area contributed by atoms with Crippen molar-refractivity contribution >= 4 is 28.8 Å². The first kappa shape index (κ1) is 12.9. The summed E-state index contributed by atoms with van der Waals surface area (Å²) in [5, 5.41) is 8.84. The second-order valence-corrected chi connectivity index (χ2v) is 5.66. The second-order valence-electron chi connectivity index (χ2n) is 4.40. The van der Waals surface area contributed by atoms with E-state index in [4.69, 9.17) is 11.6 Å². The highest BCUT2D eigenvalue weighted by Gasteiger charge is 2.16. The van der Waals surface area contributed by atoms with E-state index in [1.54, 1.807) is 0 Å². The van der Waals surface area contributed by atoms with E-state index >= 15 is 0 Å². The van der Waals surface area contributed by atoms with Gasteiger partial charge in [0.15, 0.2) is 0 Å². The van der Waals surface area contributed by atoms with E-state index in [1.165, 1.54) is 24.2 Å². The molecule has 2 N–H and O–H groups in total. The number of hydrogen-bond donors (Lipinski definition) is 2. The van der Waals surface area contributed by atoms with E-state index in [0.29, 0.717) is 22.5 Å². The number of rotatable bonds is 4. The molecule has 2 heterocycles. The maximum Gasteiger partial charge on any atom is 0.262 e. The van der Waals surface area contributed by atoms with Gasteiger partial charge >= 0.3 is 0 Å². The lowest BCUT2D eigenvalue weighted by molar-refractivity contribution is 0.0956. The van der Waals surface area contributed by atoms with Gasteiger partial charge in [0.05, 0.1) is 5.02 Å². The van der Waals surface area contributed by atoms with Gasteiger partial charge in [0.1, 0.15) is 4.88 Å². The summed E-state index contributed by atoms with van der Waals surface area (Å²) >= 11 is 7.45. The van der Waals surface area contributed by atoms with Crippen LogP contribution in [-0.2, 0) is 0 Å². The molecule has 1 aliphatic heterocycles. The second kappa shape index (κ2) is 5.85. The molecule has 3 nitrogen and oxygen atoms in total. The molecule has 1 saturated heterocycles. The third-order valence-corrected chi connectivity index (χ3v) is 4.74. The highest BCUT2D eigenvalue weighted by atomic mass is 35.5. The molecule has 1 aromatic heterocycles. The molecule has 1 fully saturated rings. The smallest absolute Gasteiger partial charge is 0.262 e. The number of carbonyl (C=O) groups excluding carboxylic acids is 1. The zero-order chi connectivity index (χ0) is 12.3. The number of halogens is 1. The summed E-state index contributed by atoms with van der Waals surface area (Å²) in [6, 6.07) is 0.566. The standard InChI is InChI=1S/C12H17ClN2OS/c1-8-7-17-11(10(8)13)12(16)15-6-4-9-3-2-5-14-9/h7,9,14H,2-6H2,1H3,(H,15,16). The van der Waals surface area contributed by atoms with Gasteiger partial charge in [0.25, 0.3) is 5.91 Å². The Kier molecular flexibility index (Phi) is 4.42. The minimum absolute atomic E-state index is 0.0499. The Hall–Kier alpha value is -0.580. The van der Waals surface area contributed by atoms with Gasteiger partial charge in [-0.2, -0.15) is 0 Å². The Labute approximate surface area is 111 Å². The first-order chi connectivity index (χ1) is 8.18. The van der Waals surface area contributed by atoms with E-state index in [1.807, 2.05) is 12.3 Å². The lowest BCUT2D eigenvalue weighted by Crippen LogP contribution is -2.30. The molecule has 1 amide bonds. The average Bonchev–Trinajstić information content (AvgIpc) is 2.91. The van der Waals surface area contributed by atoms with Gasteiger partial charge in [-0.3, -0.25) is 4.79 Å². The maximum absolute atomic E-state index is 11.8. The Morgan fingerprint density at radius 1 is 1.71 bits per heavy atom. The minimum atomic E-state index is -0.0499. The Morgan fingerprint density at radius 3 is 3.12 bits per heavy atom. The van der Waals surface area contributed by atoms with Crippen molar-refractivity contribution in [2.24, 2.45) is 0 Å². The zero-order valence-corrected chi connectivity index (χ0v) is 11.5. The molecule has 5 heteroatoms. The van der Waals surface area contributed by atoms with Crippen LogP contribution in [0.4, 0.5) is 0 Å². The molecule has 17 heavy (non-hydrogen) atoms. The zero-order valence-electron chi connectivity index (χ0n) is 9.88. The number of thiophene rings is 1. The third-order valence-electron chi connectivity index (χ3n) is 3.05. The molecule has 2 rings (SSSR count). The van der Waals surface area contributed by atoms with Crippen LogP contribution in [0.15, 0.2) is 5.38 Å². The average molecular weight is 273 g/mol. The summed E-state index contributed by atoms with van der Waals surface area (Å²) in [5.74, 6) is -0.0499. The molecular weight excluding hydrogens is 256 g/mol. The van der Waals surface area contributed by atoms with Crippen LogP contribution in [0.2, 0.25) is 5.02 Å². The number of nitrogens with one attached hydrogen (secondary N) is 2. The van der Waals surface area contributed by atoms with Crippen molar-refractivity contribution in [2.45, 2.75) is 32.2 Å². The van der Waals surface area contributed by atoms with Gasteiger partial charge in [0.2, 0.25) is 0 Å². The summed E-state index contributed by atoms with van der Waals surface area (Å²) in [6.45, 7) is 3.73. The van der Waals surface area contributed by atoms with Gasteiger partial charge in [-0.05, 0) is 43.7 Å². The van der Waals surface area contributed by atoms with Gasteiger partial charge < -0.3 is 10.6 Å². The van der Waals surface area contributed by atoms with Crippen molar-refractivity contribution in [1.82, 2.24) is 10.6 Å². The summed E-state index contributed by atoms with van der Waals surface area (Å²) in [5.41, 5.74) is 0.972. The molecule has 0 radical (unpaired) electrons. The Balaban J connectivity index is 1.79. The molecule has 0 aliphatic carbocycles. The maximum atomic E-state index is 11.8. The number of amides is 1. The van der Waals surface area contributed by atoms with Crippen molar-refractivity contribution in [2.75, 3.05) is 13.1 Å². The largest absolute Gasteiger partial charge is 0.351 e. The van der Waals surface area contributed by atoms with Gasteiger partial charge in [0, 0.05) is 12.6 Å². The minimum Gasteiger partial charge on any atom is -0.351 e. The quantitative estimate of drug-likeness (QED) is 0.885. The van der Waals surface area contributed by atoms with Crippen molar-refractivity contribution in [3.8, 4) is 0 Å². The topological polar surface area (TPSA) is 41.1 Å². The van der Waals surface area contributed by atoms with Crippen LogP contribution in [-0.4, -0.2) is 25.0 Å². The highest BCUT2D eigenvalue weighted by molar-refractivity contribution is 7.13. The van der Waals surface area contributed by atoms with Crippen molar-refractivity contribution in [1.29, 1.82) is 0 Å². The van der Waals surface area contributed by atoms with Gasteiger partial charge in [-0.15, -0.1) is 11.3 Å². The lowest BCUT2D eigenvalue weighted by Gasteiger charge is -2.10. The fraction of sp³-hybridized carbons (Fsp3) is 0.583. The molecule has 0 saturated carbocycles. The van der Waals surface area contributed by atoms with Crippen LogP contribution in [0.25, 0.3) is 0 Å². The molecule has 1 aromatic rings. The summed E-state index contributed by atoms with van der Waals surface area (Å²) < 4.78 is 0. The first-order valence-electron chi connectivity index (χ1n) is 5.93. The van der Waals surface area contributed by atoms with Gasteiger partial charge in [-0.1, -0.05) is 11.6 Å². The summed E-state index contributed by atoms with van der Waals surface area (Å²) in [6.07, 6.45) is 3.46. The molecule has 1 unspecified atom stereocenters. The first-order valence-corrected chi connectivity index (χ1v) is 7.19. The van der Waals surface area contributed by atoms with E-state index in [9.17, 15) is 4.79 Å². The molecule has 0 spiro atoms. The normalized spacial score (nSPS) is 19.5. The van der Waals surface area contributed by atoms with E-state index in [-0.39, 0.29) is 5.91 Å². The molecule has 0 bridgehead atoms. The highest BCUT2D eigenvalue weighted by Crippen LogP contribution is 2.26. The lowest BCUT2D eigenvalue weighted by atomic mass is 10.1. The molecule has 1 atom stereocenters. The SMILES string of the molecule is Cc1csc(C(=O)NCCC2CCCN2)c1Cl. The Morgan fingerprint density at radius 2 is 2.53 bits per heavy atom. The predicted molar refractivity (Wildman–Crippen MR) is 72.0 cm³/mol. The van der Waals surface area contributed by atoms with E-state index < -0.39 is 0 Å². The van der Waals surface area contributed by atoms with Crippen LogP contribution in [0.5, 0.6) is 0 Å². The van der Waals surface area contributed by atoms with E-state index in [0.717, 1.165) is 18.5 Å². The van der Waals surface area contributed by atoms with Crippen LogP contribution in [0.1, 0.15) is 34.5 Å². The summed E-state index contributed by atoms with van der Waals surface area (Å²) in [7, 11) is 0.